The Morgan fingerprint density at radius 2 is 1.47 bits per heavy atom. The lowest BCUT2D eigenvalue weighted by atomic mass is 10.0. The summed E-state index contributed by atoms with van der Waals surface area (Å²) in [5.74, 6) is -1.37. The molecule has 0 aliphatic carbocycles. The zero-order valence-corrected chi connectivity index (χ0v) is 20.3. The van der Waals surface area contributed by atoms with Crippen LogP contribution in [0.4, 0.5) is 23.2 Å². The van der Waals surface area contributed by atoms with Crippen LogP contribution < -0.4 is 4.90 Å². The molecule has 0 radical (unpaired) electrons. The molecule has 1 aliphatic heterocycles. The number of hydrogen-bond donors (Lipinski definition) is 0. The lowest BCUT2D eigenvalue weighted by Crippen LogP contribution is -2.46. The van der Waals surface area contributed by atoms with Crippen molar-refractivity contribution in [2.45, 2.75) is 24.5 Å². The molecular weight excluding hydrogens is 484 g/mol. The largest absolute Gasteiger partial charge is 0.398 e. The second-order valence-electron chi connectivity index (χ2n) is 8.44. The van der Waals surface area contributed by atoms with E-state index < -0.39 is 11.9 Å². The molecule has 2 nitrogen and oxygen atoms in total. The molecule has 1 saturated heterocycles. The quantitative estimate of drug-likeness (QED) is 0.252. The van der Waals surface area contributed by atoms with E-state index in [-0.39, 0.29) is 5.82 Å². The SMILES string of the molecule is Cc1cc(F)c(N2CCN(Cc3ccc(-c4ccc(Cl)cc4)cc3)CC2)cc1SCC(F)(F)F. The molecule has 34 heavy (non-hydrogen) atoms. The van der Waals surface area contributed by atoms with E-state index in [2.05, 4.69) is 29.2 Å². The Kier molecular flexibility index (Phi) is 7.75. The molecule has 0 bridgehead atoms. The van der Waals surface area contributed by atoms with Crippen LogP contribution in [0.15, 0.2) is 65.6 Å². The van der Waals surface area contributed by atoms with Gasteiger partial charge in [0.05, 0.1) is 11.4 Å². The van der Waals surface area contributed by atoms with Crippen molar-refractivity contribution >= 4 is 29.1 Å². The molecule has 0 atom stereocenters. The summed E-state index contributed by atoms with van der Waals surface area (Å²) in [6.45, 7) is 5.16. The van der Waals surface area contributed by atoms with Gasteiger partial charge in [0.1, 0.15) is 5.82 Å². The number of thioether (sulfide) groups is 1. The highest BCUT2D eigenvalue weighted by molar-refractivity contribution is 7.99. The van der Waals surface area contributed by atoms with Gasteiger partial charge in [0.2, 0.25) is 0 Å². The standard InChI is InChI=1S/C26H25ClF4N2S/c1-18-14-23(28)24(15-25(18)34-17-26(29,30)31)33-12-10-32(11-13-33)16-19-2-4-20(5-3-19)21-6-8-22(27)9-7-21/h2-9,14-15H,10-13,16-17H2,1H3. The number of halogens is 5. The topological polar surface area (TPSA) is 6.48 Å². The summed E-state index contributed by atoms with van der Waals surface area (Å²) in [7, 11) is 0. The Morgan fingerprint density at radius 3 is 2.06 bits per heavy atom. The van der Waals surface area contributed by atoms with Crippen molar-refractivity contribution in [3.63, 3.8) is 0 Å². The first kappa shape index (κ1) is 24.9. The summed E-state index contributed by atoms with van der Waals surface area (Å²) in [5, 5.41) is 0.710. The Labute approximate surface area is 206 Å². The van der Waals surface area contributed by atoms with Crippen LogP contribution in [-0.4, -0.2) is 43.0 Å². The maximum Gasteiger partial charge on any atom is 0.398 e. The van der Waals surface area contributed by atoms with Crippen LogP contribution >= 0.6 is 23.4 Å². The number of hydrogen-bond acceptors (Lipinski definition) is 3. The monoisotopic (exact) mass is 508 g/mol. The molecule has 1 fully saturated rings. The molecule has 1 heterocycles. The highest BCUT2D eigenvalue weighted by Gasteiger charge is 2.28. The number of piperazine rings is 1. The normalized spacial score (nSPS) is 15.1. The predicted octanol–water partition coefficient (Wildman–Crippen LogP) is 7.43. The number of aryl methyl sites for hydroxylation is 1. The minimum absolute atomic E-state index is 0.377. The van der Waals surface area contributed by atoms with Gasteiger partial charge in [-0.1, -0.05) is 48.0 Å². The van der Waals surface area contributed by atoms with E-state index in [1.54, 1.807) is 13.0 Å². The van der Waals surface area contributed by atoms with Crippen molar-refractivity contribution in [2.75, 3.05) is 36.8 Å². The summed E-state index contributed by atoms with van der Waals surface area (Å²) >= 11 is 6.67. The van der Waals surface area contributed by atoms with Gasteiger partial charge < -0.3 is 4.90 Å². The summed E-state index contributed by atoms with van der Waals surface area (Å²) < 4.78 is 52.5. The van der Waals surface area contributed by atoms with Crippen molar-refractivity contribution in [2.24, 2.45) is 0 Å². The van der Waals surface area contributed by atoms with E-state index in [4.69, 9.17) is 11.6 Å². The van der Waals surface area contributed by atoms with Gasteiger partial charge >= 0.3 is 6.18 Å². The van der Waals surface area contributed by atoms with Gasteiger partial charge in [0, 0.05) is 42.6 Å². The number of benzene rings is 3. The minimum Gasteiger partial charge on any atom is -0.367 e. The molecule has 4 rings (SSSR count). The number of nitrogens with zero attached hydrogens (tertiary/aromatic N) is 2. The molecule has 0 N–H and O–H groups in total. The average molecular weight is 509 g/mol. The van der Waals surface area contributed by atoms with E-state index in [0.717, 1.165) is 30.8 Å². The smallest absolute Gasteiger partial charge is 0.367 e. The molecule has 1 aliphatic rings. The van der Waals surface area contributed by atoms with Crippen molar-refractivity contribution in [3.8, 4) is 11.1 Å². The van der Waals surface area contributed by atoms with Crippen LogP contribution in [0.25, 0.3) is 11.1 Å². The highest BCUT2D eigenvalue weighted by Crippen LogP contribution is 2.34. The summed E-state index contributed by atoms with van der Waals surface area (Å²) in [4.78, 5) is 4.70. The lowest BCUT2D eigenvalue weighted by Gasteiger charge is -2.36. The highest BCUT2D eigenvalue weighted by atomic mass is 35.5. The van der Waals surface area contributed by atoms with E-state index in [0.29, 0.717) is 46.0 Å². The second kappa shape index (κ2) is 10.6. The zero-order valence-electron chi connectivity index (χ0n) is 18.7. The molecule has 0 saturated carbocycles. The van der Waals surface area contributed by atoms with Gasteiger partial charge in [-0.25, -0.2) is 4.39 Å². The first-order valence-corrected chi connectivity index (χ1v) is 12.4. The first-order chi connectivity index (χ1) is 16.2. The lowest BCUT2D eigenvalue weighted by molar-refractivity contribution is -0.105. The Bertz CT molecular complexity index is 1110. The van der Waals surface area contributed by atoms with Crippen LogP contribution in [0.2, 0.25) is 5.02 Å². The van der Waals surface area contributed by atoms with Crippen LogP contribution in [0, 0.1) is 12.7 Å². The average Bonchev–Trinajstić information content (AvgIpc) is 2.80. The van der Waals surface area contributed by atoms with Crippen molar-refractivity contribution in [1.82, 2.24) is 4.90 Å². The van der Waals surface area contributed by atoms with Crippen LogP contribution in [-0.2, 0) is 6.54 Å². The van der Waals surface area contributed by atoms with E-state index in [9.17, 15) is 17.6 Å². The van der Waals surface area contributed by atoms with Crippen LogP contribution in [0.5, 0.6) is 0 Å². The number of anilines is 1. The fourth-order valence-corrected chi connectivity index (χ4v) is 4.98. The molecule has 0 spiro atoms. The van der Waals surface area contributed by atoms with Crippen molar-refractivity contribution < 1.29 is 17.6 Å². The van der Waals surface area contributed by atoms with Crippen molar-refractivity contribution in [3.05, 3.63) is 82.6 Å². The van der Waals surface area contributed by atoms with Gasteiger partial charge in [-0.3, -0.25) is 4.90 Å². The van der Waals surface area contributed by atoms with Gasteiger partial charge in [-0.2, -0.15) is 13.2 Å². The fourth-order valence-electron chi connectivity index (χ4n) is 4.05. The first-order valence-electron chi connectivity index (χ1n) is 11.0. The van der Waals surface area contributed by atoms with Gasteiger partial charge in [0.25, 0.3) is 0 Å². The maximum atomic E-state index is 14.6. The van der Waals surface area contributed by atoms with Gasteiger partial charge in [0.15, 0.2) is 0 Å². The molecular formula is C26H25ClF4N2S. The Morgan fingerprint density at radius 1 is 0.882 bits per heavy atom. The van der Waals surface area contributed by atoms with E-state index >= 15 is 0 Å². The number of alkyl halides is 3. The molecule has 3 aromatic carbocycles. The van der Waals surface area contributed by atoms with Crippen molar-refractivity contribution in [1.29, 1.82) is 0 Å². The third kappa shape index (κ3) is 6.46. The third-order valence-electron chi connectivity index (χ3n) is 5.89. The Balaban J connectivity index is 1.35. The van der Waals surface area contributed by atoms with E-state index in [1.165, 1.54) is 11.6 Å². The second-order valence-corrected chi connectivity index (χ2v) is 9.89. The molecule has 0 unspecified atom stereocenters. The molecule has 180 valence electrons. The fraction of sp³-hybridized carbons (Fsp3) is 0.308. The third-order valence-corrected chi connectivity index (χ3v) is 7.36. The molecule has 0 aromatic heterocycles. The predicted molar refractivity (Wildman–Crippen MR) is 132 cm³/mol. The molecule has 8 heteroatoms. The van der Waals surface area contributed by atoms with Gasteiger partial charge in [-0.15, -0.1) is 11.8 Å². The van der Waals surface area contributed by atoms with E-state index in [1.807, 2.05) is 29.2 Å². The van der Waals surface area contributed by atoms with Crippen LogP contribution in [0.3, 0.4) is 0 Å². The molecule has 3 aromatic rings. The summed E-state index contributed by atoms with van der Waals surface area (Å²) in [6, 6.07) is 19.0. The minimum atomic E-state index is -4.26. The summed E-state index contributed by atoms with van der Waals surface area (Å²) in [5.41, 5.74) is 4.33. The maximum absolute atomic E-state index is 14.6. The number of rotatable bonds is 6. The van der Waals surface area contributed by atoms with Crippen LogP contribution in [0.1, 0.15) is 11.1 Å². The molecule has 0 amide bonds. The summed E-state index contributed by atoms with van der Waals surface area (Å²) in [6.07, 6.45) is -4.26. The van der Waals surface area contributed by atoms with Gasteiger partial charge in [-0.05, 0) is 53.4 Å². The Hall–Kier alpha value is -2.22. The zero-order chi connectivity index (χ0) is 24.3.